The van der Waals surface area contributed by atoms with Crippen molar-refractivity contribution in [2.75, 3.05) is 30.8 Å². The van der Waals surface area contributed by atoms with Gasteiger partial charge in [-0.3, -0.25) is 9.59 Å². The van der Waals surface area contributed by atoms with Crippen LogP contribution in [0.25, 0.3) is 0 Å². The Morgan fingerprint density at radius 2 is 1.70 bits per heavy atom. The van der Waals surface area contributed by atoms with E-state index in [0.717, 1.165) is 0 Å². The molecule has 3 N–H and O–H groups in total. The third-order valence-electron chi connectivity index (χ3n) is 3.38. The number of hydrogen-bond donors (Lipinski definition) is 3. The Kier molecular flexibility index (Phi) is 6.64. The van der Waals surface area contributed by atoms with E-state index in [4.69, 9.17) is 4.74 Å². The van der Waals surface area contributed by atoms with Crippen LogP contribution in [0.15, 0.2) is 48.5 Å². The second kappa shape index (κ2) is 8.93. The number of amides is 2. The Labute approximate surface area is 153 Å². The van der Waals surface area contributed by atoms with E-state index >= 15 is 0 Å². The molecule has 0 saturated carbocycles. The molecular formula is C18H18F3N3O3. The number of carbonyl (C=O) groups is 2. The van der Waals surface area contributed by atoms with Crippen LogP contribution in [0.2, 0.25) is 0 Å². The molecule has 0 aliphatic heterocycles. The summed E-state index contributed by atoms with van der Waals surface area (Å²) in [6.07, 6.45) is -4.45. The van der Waals surface area contributed by atoms with Crippen molar-refractivity contribution < 1.29 is 27.5 Å². The minimum Gasteiger partial charge on any atom is -0.482 e. The highest BCUT2D eigenvalue weighted by Crippen LogP contribution is 2.26. The van der Waals surface area contributed by atoms with Gasteiger partial charge in [0.25, 0.3) is 5.91 Å². The minimum absolute atomic E-state index is 0.00226. The molecule has 0 aliphatic rings. The SMILES string of the molecule is CNC(=O)c1ccc(NC(=O)CNc2ccccc2OCC(F)(F)F)cc1. The van der Waals surface area contributed by atoms with E-state index < -0.39 is 18.7 Å². The number of hydrogen-bond acceptors (Lipinski definition) is 4. The van der Waals surface area contributed by atoms with E-state index in [1.807, 2.05) is 0 Å². The van der Waals surface area contributed by atoms with Crippen LogP contribution in [0.5, 0.6) is 5.75 Å². The summed E-state index contributed by atoms with van der Waals surface area (Å²) < 4.78 is 41.6. The number of benzene rings is 2. The van der Waals surface area contributed by atoms with Gasteiger partial charge in [0.2, 0.25) is 5.91 Å². The molecule has 0 bridgehead atoms. The standard InChI is InChI=1S/C18H18F3N3O3/c1-22-17(26)12-6-8-13(9-7-12)24-16(25)10-23-14-4-2-3-5-15(14)27-11-18(19,20)21/h2-9,23H,10-11H2,1H3,(H,22,26)(H,24,25). The molecule has 0 heterocycles. The largest absolute Gasteiger partial charge is 0.482 e. The number of alkyl halides is 3. The fraction of sp³-hybridized carbons (Fsp3) is 0.222. The summed E-state index contributed by atoms with van der Waals surface area (Å²) in [5, 5.41) is 7.84. The molecule has 0 radical (unpaired) electrons. The summed E-state index contributed by atoms with van der Waals surface area (Å²) in [5.41, 5.74) is 1.20. The molecule has 27 heavy (non-hydrogen) atoms. The molecular weight excluding hydrogens is 363 g/mol. The van der Waals surface area contributed by atoms with Gasteiger partial charge in [-0.05, 0) is 36.4 Å². The third-order valence-corrected chi connectivity index (χ3v) is 3.38. The average Bonchev–Trinajstić information content (AvgIpc) is 2.64. The van der Waals surface area contributed by atoms with E-state index in [-0.39, 0.29) is 23.9 Å². The molecule has 9 heteroatoms. The second-order valence-electron chi connectivity index (χ2n) is 5.46. The van der Waals surface area contributed by atoms with Gasteiger partial charge in [-0.15, -0.1) is 0 Å². The normalized spacial score (nSPS) is 10.8. The molecule has 0 aliphatic carbocycles. The van der Waals surface area contributed by atoms with E-state index in [0.29, 0.717) is 11.3 Å². The highest BCUT2D eigenvalue weighted by atomic mass is 19.4. The zero-order valence-electron chi connectivity index (χ0n) is 14.4. The predicted molar refractivity (Wildman–Crippen MR) is 94.9 cm³/mol. The Bertz CT molecular complexity index is 792. The Morgan fingerprint density at radius 3 is 2.33 bits per heavy atom. The van der Waals surface area contributed by atoms with Crippen LogP contribution in [0, 0.1) is 0 Å². The third kappa shape index (κ3) is 6.53. The van der Waals surface area contributed by atoms with Crippen LogP contribution >= 0.6 is 0 Å². The quantitative estimate of drug-likeness (QED) is 0.689. The average molecular weight is 381 g/mol. The van der Waals surface area contributed by atoms with Crippen LogP contribution in [-0.4, -0.2) is 38.2 Å². The summed E-state index contributed by atoms with van der Waals surface area (Å²) in [6, 6.07) is 12.3. The highest BCUT2D eigenvalue weighted by Gasteiger charge is 2.28. The number of carbonyl (C=O) groups excluding carboxylic acids is 2. The highest BCUT2D eigenvalue weighted by molar-refractivity contribution is 5.96. The molecule has 6 nitrogen and oxygen atoms in total. The van der Waals surface area contributed by atoms with Crippen molar-refractivity contribution in [2.45, 2.75) is 6.18 Å². The van der Waals surface area contributed by atoms with Crippen molar-refractivity contribution in [3.63, 3.8) is 0 Å². The smallest absolute Gasteiger partial charge is 0.422 e. The fourth-order valence-electron chi connectivity index (χ4n) is 2.13. The molecule has 0 spiro atoms. The summed E-state index contributed by atoms with van der Waals surface area (Å²) >= 11 is 0. The maximum Gasteiger partial charge on any atom is 0.422 e. The lowest BCUT2D eigenvalue weighted by molar-refractivity contribution is -0.153. The van der Waals surface area contributed by atoms with Gasteiger partial charge in [0.05, 0.1) is 12.2 Å². The monoisotopic (exact) mass is 381 g/mol. The van der Waals surface area contributed by atoms with Gasteiger partial charge in [-0.1, -0.05) is 12.1 Å². The number of para-hydroxylation sites is 2. The molecule has 2 aromatic carbocycles. The van der Waals surface area contributed by atoms with Crippen molar-refractivity contribution in [1.29, 1.82) is 0 Å². The van der Waals surface area contributed by atoms with Gasteiger partial charge < -0.3 is 20.7 Å². The van der Waals surface area contributed by atoms with Crippen molar-refractivity contribution in [3.8, 4) is 5.75 Å². The topological polar surface area (TPSA) is 79.5 Å². The molecule has 144 valence electrons. The van der Waals surface area contributed by atoms with Crippen LogP contribution in [0.1, 0.15) is 10.4 Å². The first kappa shape index (κ1) is 20.1. The van der Waals surface area contributed by atoms with Crippen LogP contribution in [0.3, 0.4) is 0 Å². The summed E-state index contributed by atoms with van der Waals surface area (Å²) in [5.74, 6) is -0.657. The van der Waals surface area contributed by atoms with Gasteiger partial charge in [-0.2, -0.15) is 13.2 Å². The Morgan fingerprint density at radius 1 is 1.04 bits per heavy atom. The first-order valence-electron chi connectivity index (χ1n) is 7.93. The van der Waals surface area contributed by atoms with E-state index in [1.54, 1.807) is 30.3 Å². The number of rotatable bonds is 7. The summed E-state index contributed by atoms with van der Waals surface area (Å²) in [7, 11) is 1.51. The van der Waals surface area contributed by atoms with Gasteiger partial charge in [0, 0.05) is 18.3 Å². The number of halogens is 3. The summed E-state index contributed by atoms with van der Waals surface area (Å²) in [4.78, 5) is 23.5. The van der Waals surface area contributed by atoms with Crippen molar-refractivity contribution in [3.05, 3.63) is 54.1 Å². The van der Waals surface area contributed by atoms with Crippen LogP contribution in [-0.2, 0) is 4.79 Å². The minimum atomic E-state index is -4.45. The van der Waals surface area contributed by atoms with Crippen molar-refractivity contribution >= 4 is 23.2 Å². The summed E-state index contributed by atoms with van der Waals surface area (Å²) in [6.45, 7) is -1.60. The van der Waals surface area contributed by atoms with Gasteiger partial charge in [0.15, 0.2) is 6.61 Å². The van der Waals surface area contributed by atoms with Gasteiger partial charge in [0.1, 0.15) is 5.75 Å². The maximum absolute atomic E-state index is 12.3. The predicted octanol–water partition coefficient (Wildman–Crippen LogP) is 3.04. The molecule has 0 fully saturated rings. The zero-order valence-corrected chi connectivity index (χ0v) is 14.4. The first-order valence-corrected chi connectivity index (χ1v) is 7.93. The van der Waals surface area contributed by atoms with Crippen molar-refractivity contribution in [1.82, 2.24) is 5.32 Å². The molecule has 2 aromatic rings. The molecule has 2 amide bonds. The lowest BCUT2D eigenvalue weighted by Crippen LogP contribution is -2.23. The first-order chi connectivity index (χ1) is 12.8. The van der Waals surface area contributed by atoms with Crippen molar-refractivity contribution in [2.24, 2.45) is 0 Å². The zero-order chi connectivity index (χ0) is 19.9. The van der Waals surface area contributed by atoms with Gasteiger partial charge in [-0.25, -0.2) is 0 Å². The lowest BCUT2D eigenvalue weighted by Gasteiger charge is -2.14. The number of nitrogens with one attached hydrogen (secondary N) is 3. The molecule has 0 aromatic heterocycles. The Hall–Kier alpha value is -3.23. The molecule has 2 rings (SSSR count). The fourth-order valence-corrected chi connectivity index (χ4v) is 2.13. The molecule has 0 unspecified atom stereocenters. The van der Waals surface area contributed by atoms with Crippen LogP contribution in [0.4, 0.5) is 24.5 Å². The Balaban J connectivity index is 1.91. The molecule has 0 atom stereocenters. The van der Waals surface area contributed by atoms with E-state index in [9.17, 15) is 22.8 Å². The number of ether oxygens (including phenoxy) is 1. The van der Waals surface area contributed by atoms with Gasteiger partial charge >= 0.3 is 6.18 Å². The van der Waals surface area contributed by atoms with E-state index in [1.165, 1.54) is 25.2 Å². The maximum atomic E-state index is 12.3. The molecule has 0 saturated heterocycles. The lowest BCUT2D eigenvalue weighted by atomic mass is 10.2. The van der Waals surface area contributed by atoms with Crippen LogP contribution < -0.4 is 20.7 Å². The van der Waals surface area contributed by atoms with E-state index in [2.05, 4.69) is 16.0 Å². The second-order valence-corrected chi connectivity index (χ2v) is 5.46. The number of anilines is 2.